The van der Waals surface area contributed by atoms with Gasteiger partial charge in [-0.15, -0.1) is 5.10 Å². The van der Waals surface area contributed by atoms with Crippen molar-refractivity contribution in [1.82, 2.24) is 24.5 Å². The molecule has 0 aliphatic carbocycles. The molecule has 0 spiro atoms. The maximum absolute atomic E-state index is 11.4. The molecular formula is C14H15N5O2. The van der Waals surface area contributed by atoms with Gasteiger partial charge in [-0.1, -0.05) is 18.2 Å². The first-order chi connectivity index (χ1) is 10.2. The second kappa shape index (κ2) is 5.35. The van der Waals surface area contributed by atoms with E-state index in [9.17, 15) is 4.79 Å². The van der Waals surface area contributed by atoms with E-state index in [-0.39, 0.29) is 5.82 Å². The average molecular weight is 285 g/mol. The predicted molar refractivity (Wildman–Crippen MR) is 75.9 cm³/mol. The molecule has 0 bridgehead atoms. The molecule has 0 saturated heterocycles. The topological polar surface area (TPSA) is 74.8 Å². The van der Waals surface area contributed by atoms with Crippen LogP contribution in [0.2, 0.25) is 0 Å². The third kappa shape index (κ3) is 2.37. The van der Waals surface area contributed by atoms with Crippen LogP contribution < -0.4 is 0 Å². The Bertz CT molecular complexity index is 790. The van der Waals surface area contributed by atoms with Crippen molar-refractivity contribution in [2.45, 2.75) is 20.0 Å². The predicted octanol–water partition coefficient (Wildman–Crippen LogP) is 1.48. The minimum Gasteiger partial charge on any atom is -0.463 e. The van der Waals surface area contributed by atoms with E-state index in [0.717, 1.165) is 23.1 Å². The Morgan fingerprint density at radius 3 is 2.86 bits per heavy atom. The van der Waals surface area contributed by atoms with E-state index >= 15 is 0 Å². The monoisotopic (exact) mass is 285 g/mol. The Balaban J connectivity index is 1.95. The highest BCUT2D eigenvalue weighted by molar-refractivity contribution is 5.84. The van der Waals surface area contributed by atoms with Gasteiger partial charge in [0.25, 0.3) is 5.82 Å². The molecular weight excluding hydrogens is 270 g/mol. The number of aryl methyl sites for hydroxylation is 1. The number of carbonyl (C=O) groups is 1. The molecule has 7 nitrogen and oxygen atoms in total. The third-order valence-corrected chi connectivity index (χ3v) is 3.25. The van der Waals surface area contributed by atoms with Crippen molar-refractivity contribution in [3.05, 3.63) is 42.1 Å². The summed E-state index contributed by atoms with van der Waals surface area (Å²) in [4.78, 5) is 15.3. The van der Waals surface area contributed by atoms with Crippen LogP contribution in [0.3, 0.4) is 0 Å². The fourth-order valence-electron chi connectivity index (χ4n) is 2.26. The number of benzene rings is 1. The highest BCUT2D eigenvalue weighted by atomic mass is 16.5. The normalized spacial score (nSPS) is 11.0. The molecule has 0 fully saturated rings. The summed E-state index contributed by atoms with van der Waals surface area (Å²) in [5, 5.41) is 9.77. The van der Waals surface area contributed by atoms with E-state index in [1.807, 2.05) is 35.9 Å². The molecule has 0 radical (unpaired) electrons. The summed E-state index contributed by atoms with van der Waals surface area (Å²) in [6.07, 6.45) is 1.51. The molecule has 1 aromatic carbocycles. The zero-order chi connectivity index (χ0) is 14.8. The van der Waals surface area contributed by atoms with E-state index in [1.54, 1.807) is 4.68 Å². The SMILES string of the molecule is CCn1nc(Cn2cnc(C(=O)OC)n2)c2ccccc21. The van der Waals surface area contributed by atoms with Crippen LogP contribution in [0.1, 0.15) is 23.2 Å². The number of methoxy groups -OCH3 is 1. The van der Waals surface area contributed by atoms with Gasteiger partial charge in [-0.2, -0.15) is 5.10 Å². The standard InChI is InChI=1S/C14H15N5O2/c1-3-19-12-7-5-4-6-10(12)11(16-19)8-18-9-15-13(17-18)14(20)21-2/h4-7,9H,3,8H2,1-2H3. The fourth-order valence-corrected chi connectivity index (χ4v) is 2.26. The smallest absolute Gasteiger partial charge is 0.377 e. The van der Waals surface area contributed by atoms with E-state index in [0.29, 0.717) is 6.54 Å². The summed E-state index contributed by atoms with van der Waals surface area (Å²) in [6, 6.07) is 8.04. The number of nitrogens with zero attached hydrogens (tertiary/aromatic N) is 5. The second-order valence-electron chi connectivity index (χ2n) is 4.54. The minimum absolute atomic E-state index is 0.0525. The minimum atomic E-state index is -0.544. The number of carbonyl (C=O) groups excluding carboxylic acids is 1. The first kappa shape index (κ1) is 13.3. The number of para-hydroxylation sites is 1. The van der Waals surface area contributed by atoms with Gasteiger partial charge in [-0.3, -0.25) is 4.68 Å². The lowest BCUT2D eigenvalue weighted by molar-refractivity contribution is 0.0586. The summed E-state index contributed by atoms with van der Waals surface area (Å²) in [6.45, 7) is 3.30. The van der Waals surface area contributed by atoms with Crippen LogP contribution in [0.5, 0.6) is 0 Å². The first-order valence-corrected chi connectivity index (χ1v) is 6.65. The van der Waals surface area contributed by atoms with Crippen LogP contribution >= 0.6 is 0 Å². The second-order valence-corrected chi connectivity index (χ2v) is 4.54. The van der Waals surface area contributed by atoms with Crippen molar-refractivity contribution in [2.75, 3.05) is 7.11 Å². The van der Waals surface area contributed by atoms with E-state index in [1.165, 1.54) is 13.4 Å². The van der Waals surface area contributed by atoms with Crippen molar-refractivity contribution in [2.24, 2.45) is 0 Å². The summed E-state index contributed by atoms with van der Waals surface area (Å²) in [7, 11) is 1.31. The Morgan fingerprint density at radius 1 is 1.29 bits per heavy atom. The molecule has 0 amide bonds. The van der Waals surface area contributed by atoms with Crippen molar-refractivity contribution in [3.63, 3.8) is 0 Å². The highest BCUT2D eigenvalue weighted by Gasteiger charge is 2.14. The molecule has 0 aliphatic heterocycles. The third-order valence-electron chi connectivity index (χ3n) is 3.25. The van der Waals surface area contributed by atoms with Crippen molar-refractivity contribution in [3.8, 4) is 0 Å². The van der Waals surface area contributed by atoms with Gasteiger partial charge in [-0.05, 0) is 13.0 Å². The zero-order valence-corrected chi connectivity index (χ0v) is 11.9. The van der Waals surface area contributed by atoms with Crippen molar-refractivity contribution in [1.29, 1.82) is 0 Å². The Labute approximate surface area is 121 Å². The molecule has 0 unspecified atom stereocenters. The number of ether oxygens (including phenoxy) is 1. The maximum atomic E-state index is 11.4. The number of esters is 1. The molecule has 2 heterocycles. The zero-order valence-electron chi connectivity index (χ0n) is 11.9. The van der Waals surface area contributed by atoms with Gasteiger partial charge in [0.15, 0.2) is 0 Å². The lowest BCUT2D eigenvalue weighted by Gasteiger charge is -1.97. The van der Waals surface area contributed by atoms with Crippen LogP contribution in [-0.2, 0) is 17.8 Å². The van der Waals surface area contributed by atoms with Gasteiger partial charge in [0.2, 0.25) is 0 Å². The number of hydrogen-bond donors (Lipinski definition) is 0. The van der Waals surface area contributed by atoms with Crippen LogP contribution in [0.15, 0.2) is 30.6 Å². The molecule has 0 atom stereocenters. The number of fused-ring (bicyclic) bond motifs is 1. The molecule has 3 rings (SSSR count). The molecule has 21 heavy (non-hydrogen) atoms. The van der Waals surface area contributed by atoms with Gasteiger partial charge in [0.1, 0.15) is 6.33 Å². The quantitative estimate of drug-likeness (QED) is 0.679. The largest absolute Gasteiger partial charge is 0.463 e. The van der Waals surface area contributed by atoms with Gasteiger partial charge in [-0.25, -0.2) is 14.5 Å². The molecule has 0 N–H and O–H groups in total. The maximum Gasteiger partial charge on any atom is 0.377 e. The van der Waals surface area contributed by atoms with Crippen LogP contribution in [-0.4, -0.2) is 37.6 Å². The summed E-state index contributed by atoms with van der Waals surface area (Å²) in [5.74, 6) is -0.491. The molecule has 0 saturated carbocycles. The van der Waals surface area contributed by atoms with Gasteiger partial charge in [0.05, 0.1) is 24.9 Å². The summed E-state index contributed by atoms with van der Waals surface area (Å²) in [5.41, 5.74) is 1.98. The van der Waals surface area contributed by atoms with Crippen molar-refractivity contribution < 1.29 is 9.53 Å². The van der Waals surface area contributed by atoms with Crippen LogP contribution in [0.25, 0.3) is 10.9 Å². The van der Waals surface area contributed by atoms with Crippen LogP contribution in [0, 0.1) is 0 Å². The lowest BCUT2D eigenvalue weighted by Crippen LogP contribution is -2.07. The molecule has 0 aliphatic rings. The highest BCUT2D eigenvalue weighted by Crippen LogP contribution is 2.19. The van der Waals surface area contributed by atoms with E-state index in [2.05, 4.69) is 19.9 Å². The Morgan fingerprint density at radius 2 is 2.10 bits per heavy atom. The van der Waals surface area contributed by atoms with E-state index in [4.69, 9.17) is 0 Å². The number of hydrogen-bond acceptors (Lipinski definition) is 5. The summed E-state index contributed by atoms with van der Waals surface area (Å²) >= 11 is 0. The van der Waals surface area contributed by atoms with Gasteiger partial charge >= 0.3 is 5.97 Å². The molecule has 7 heteroatoms. The average Bonchev–Trinajstić information content (AvgIpc) is 3.12. The molecule has 3 aromatic rings. The number of aromatic nitrogens is 5. The molecule has 2 aromatic heterocycles. The van der Waals surface area contributed by atoms with Crippen LogP contribution in [0.4, 0.5) is 0 Å². The van der Waals surface area contributed by atoms with E-state index < -0.39 is 5.97 Å². The van der Waals surface area contributed by atoms with Gasteiger partial charge < -0.3 is 4.74 Å². The number of rotatable bonds is 4. The molecule has 108 valence electrons. The van der Waals surface area contributed by atoms with Crippen molar-refractivity contribution >= 4 is 16.9 Å². The first-order valence-electron chi connectivity index (χ1n) is 6.65. The van der Waals surface area contributed by atoms with Gasteiger partial charge in [0, 0.05) is 11.9 Å². The fraction of sp³-hybridized carbons (Fsp3) is 0.286. The lowest BCUT2D eigenvalue weighted by atomic mass is 10.2. The Kier molecular flexibility index (Phi) is 3.39. The Hall–Kier alpha value is -2.70. The summed E-state index contributed by atoms with van der Waals surface area (Å²) < 4.78 is 8.13.